The molecule has 1 N–H and O–H groups in total. The zero-order valence-electron chi connectivity index (χ0n) is 11.8. The Labute approximate surface area is 136 Å². The van der Waals surface area contributed by atoms with Crippen molar-refractivity contribution < 1.29 is 9.66 Å². The fraction of sp³-hybridized carbons (Fsp3) is 0.0667. The number of ether oxygens (including phenoxy) is 1. The monoisotopic (exact) mass is 330 g/mol. The third-order valence-electron chi connectivity index (χ3n) is 3.04. The Bertz CT molecular complexity index is 850. The highest BCUT2D eigenvalue weighted by Gasteiger charge is 2.14. The second kappa shape index (κ2) is 6.45. The molecule has 0 fully saturated rings. The zero-order valence-corrected chi connectivity index (χ0v) is 12.5. The van der Waals surface area contributed by atoms with E-state index in [-0.39, 0.29) is 18.0 Å². The summed E-state index contributed by atoms with van der Waals surface area (Å²) in [6.07, 6.45) is 0. The smallest absolute Gasteiger partial charge is 0.310 e. The van der Waals surface area contributed by atoms with Crippen LogP contribution < -0.4 is 4.74 Å². The van der Waals surface area contributed by atoms with Gasteiger partial charge >= 0.3 is 5.69 Å². The number of nitro groups is 1. The second-order valence-corrected chi connectivity index (χ2v) is 5.07. The lowest BCUT2D eigenvalue weighted by molar-refractivity contribution is -0.385. The molecule has 3 rings (SSSR count). The predicted molar refractivity (Wildman–Crippen MR) is 84.3 cm³/mol. The number of nitrogens with zero attached hydrogens (tertiary/aromatic N) is 3. The minimum Gasteiger partial charge on any atom is -0.479 e. The molecule has 0 spiro atoms. The van der Waals surface area contributed by atoms with Gasteiger partial charge in [0.1, 0.15) is 6.61 Å². The normalized spacial score (nSPS) is 10.5. The van der Waals surface area contributed by atoms with Crippen molar-refractivity contribution in [3.8, 4) is 17.1 Å². The van der Waals surface area contributed by atoms with Gasteiger partial charge in [-0.15, -0.1) is 0 Å². The van der Waals surface area contributed by atoms with Crippen LogP contribution in [0.4, 0.5) is 5.69 Å². The molecule has 23 heavy (non-hydrogen) atoms. The summed E-state index contributed by atoms with van der Waals surface area (Å²) in [5, 5.41) is 18.4. The van der Waals surface area contributed by atoms with Crippen LogP contribution in [0.1, 0.15) is 5.82 Å². The van der Waals surface area contributed by atoms with Gasteiger partial charge in [0.25, 0.3) is 0 Å². The van der Waals surface area contributed by atoms with E-state index in [1.54, 1.807) is 30.3 Å². The average molecular weight is 331 g/mol. The Balaban J connectivity index is 1.74. The van der Waals surface area contributed by atoms with Crippen molar-refractivity contribution >= 4 is 17.3 Å². The van der Waals surface area contributed by atoms with Gasteiger partial charge in [0.2, 0.25) is 0 Å². The summed E-state index contributed by atoms with van der Waals surface area (Å²) in [7, 11) is 0. The summed E-state index contributed by atoms with van der Waals surface area (Å²) in [5.41, 5.74) is 0.674. The first kappa shape index (κ1) is 15.0. The molecule has 0 radical (unpaired) electrons. The SMILES string of the molecule is O=[N+]([O-])c1ccccc1OCc1nc(-c2cccc(Cl)c2)n[nH]1. The maximum absolute atomic E-state index is 10.9. The Morgan fingerprint density at radius 3 is 2.83 bits per heavy atom. The maximum Gasteiger partial charge on any atom is 0.310 e. The van der Waals surface area contributed by atoms with Crippen LogP contribution in [0.3, 0.4) is 0 Å². The van der Waals surface area contributed by atoms with Gasteiger partial charge in [-0.1, -0.05) is 35.9 Å². The third-order valence-corrected chi connectivity index (χ3v) is 3.28. The van der Waals surface area contributed by atoms with Crippen LogP contribution >= 0.6 is 11.6 Å². The van der Waals surface area contributed by atoms with Crippen LogP contribution in [0.2, 0.25) is 5.02 Å². The molecule has 0 bridgehead atoms. The highest BCUT2D eigenvalue weighted by atomic mass is 35.5. The highest BCUT2D eigenvalue weighted by Crippen LogP contribution is 2.26. The highest BCUT2D eigenvalue weighted by molar-refractivity contribution is 6.30. The summed E-state index contributed by atoms with van der Waals surface area (Å²) in [4.78, 5) is 14.7. The Morgan fingerprint density at radius 2 is 2.04 bits per heavy atom. The molecule has 0 aliphatic carbocycles. The van der Waals surface area contributed by atoms with Crippen molar-refractivity contribution in [1.29, 1.82) is 0 Å². The van der Waals surface area contributed by atoms with Crippen molar-refractivity contribution in [3.63, 3.8) is 0 Å². The second-order valence-electron chi connectivity index (χ2n) is 4.63. The molecule has 3 aromatic rings. The van der Waals surface area contributed by atoms with Crippen LogP contribution in [-0.4, -0.2) is 20.1 Å². The molecule has 0 unspecified atom stereocenters. The number of nitrogens with one attached hydrogen (secondary N) is 1. The number of benzene rings is 2. The minimum absolute atomic E-state index is 0.0401. The van der Waals surface area contributed by atoms with Gasteiger partial charge in [0.05, 0.1) is 4.92 Å². The van der Waals surface area contributed by atoms with Crippen molar-refractivity contribution in [2.75, 3.05) is 0 Å². The summed E-state index contributed by atoms with van der Waals surface area (Å²) in [6.45, 7) is 0.0401. The predicted octanol–water partition coefficient (Wildman–Crippen LogP) is 3.61. The molecule has 7 nitrogen and oxygen atoms in total. The molecule has 1 heterocycles. The lowest BCUT2D eigenvalue weighted by Gasteiger charge is -2.03. The summed E-state index contributed by atoms with van der Waals surface area (Å²) in [6, 6.07) is 13.3. The van der Waals surface area contributed by atoms with E-state index in [1.165, 1.54) is 12.1 Å². The van der Waals surface area contributed by atoms with E-state index < -0.39 is 4.92 Å². The van der Waals surface area contributed by atoms with E-state index in [9.17, 15) is 10.1 Å². The Hall–Kier alpha value is -2.93. The van der Waals surface area contributed by atoms with Gasteiger partial charge in [0, 0.05) is 16.7 Å². The largest absolute Gasteiger partial charge is 0.479 e. The molecule has 2 aromatic carbocycles. The molecule has 0 atom stereocenters. The molecule has 0 saturated heterocycles. The number of rotatable bonds is 5. The van der Waals surface area contributed by atoms with Gasteiger partial charge in [-0.25, -0.2) is 4.98 Å². The zero-order chi connectivity index (χ0) is 16.2. The maximum atomic E-state index is 10.9. The first-order chi connectivity index (χ1) is 11.1. The minimum atomic E-state index is -0.493. The van der Waals surface area contributed by atoms with Crippen LogP contribution in [0.25, 0.3) is 11.4 Å². The van der Waals surface area contributed by atoms with Crippen molar-refractivity contribution in [3.05, 3.63) is 69.5 Å². The standard InChI is InChI=1S/C15H11ClN4O3/c16-11-5-3-4-10(8-11)15-17-14(18-19-15)9-23-13-7-2-1-6-12(13)20(21)22/h1-8H,9H2,(H,17,18,19). The van der Waals surface area contributed by atoms with Crippen LogP contribution in [0.5, 0.6) is 5.75 Å². The first-order valence-electron chi connectivity index (χ1n) is 6.67. The van der Waals surface area contributed by atoms with E-state index >= 15 is 0 Å². The van der Waals surface area contributed by atoms with Crippen molar-refractivity contribution in [2.24, 2.45) is 0 Å². The van der Waals surface area contributed by atoms with Gasteiger partial charge in [0.15, 0.2) is 17.4 Å². The van der Waals surface area contributed by atoms with Gasteiger partial charge in [-0.3, -0.25) is 15.2 Å². The number of halogens is 1. The van der Waals surface area contributed by atoms with Gasteiger partial charge in [-0.2, -0.15) is 5.10 Å². The lowest BCUT2D eigenvalue weighted by atomic mass is 10.2. The topological polar surface area (TPSA) is 93.9 Å². The fourth-order valence-electron chi connectivity index (χ4n) is 1.99. The number of para-hydroxylation sites is 2. The van der Waals surface area contributed by atoms with Crippen LogP contribution in [0, 0.1) is 10.1 Å². The fourth-order valence-corrected chi connectivity index (χ4v) is 2.18. The average Bonchev–Trinajstić information content (AvgIpc) is 3.02. The molecule has 0 saturated carbocycles. The molecular weight excluding hydrogens is 320 g/mol. The summed E-state index contributed by atoms with van der Waals surface area (Å²) >= 11 is 5.94. The van der Waals surface area contributed by atoms with E-state index in [0.717, 1.165) is 5.56 Å². The third kappa shape index (κ3) is 3.46. The van der Waals surface area contributed by atoms with Crippen molar-refractivity contribution in [1.82, 2.24) is 15.2 Å². The molecular formula is C15H11ClN4O3. The summed E-state index contributed by atoms with van der Waals surface area (Å²) in [5.74, 6) is 1.12. The molecule has 1 aromatic heterocycles. The quantitative estimate of drug-likeness (QED) is 0.569. The first-order valence-corrected chi connectivity index (χ1v) is 7.05. The number of aromatic amines is 1. The lowest BCUT2D eigenvalue weighted by Crippen LogP contribution is -2.00. The van der Waals surface area contributed by atoms with Gasteiger partial charge < -0.3 is 4.74 Å². The van der Waals surface area contributed by atoms with E-state index in [0.29, 0.717) is 16.7 Å². The van der Waals surface area contributed by atoms with E-state index in [2.05, 4.69) is 15.2 Å². The van der Waals surface area contributed by atoms with Gasteiger partial charge in [-0.05, 0) is 18.2 Å². The van der Waals surface area contributed by atoms with E-state index in [1.807, 2.05) is 6.07 Å². The Morgan fingerprint density at radius 1 is 1.22 bits per heavy atom. The number of aromatic nitrogens is 3. The number of nitro benzene ring substituents is 1. The van der Waals surface area contributed by atoms with Crippen LogP contribution in [-0.2, 0) is 6.61 Å². The molecule has 8 heteroatoms. The molecule has 116 valence electrons. The number of hydrogen-bond acceptors (Lipinski definition) is 5. The molecule has 0 aliphatic heterocycles. The number of hydrogen-bond donors (Lipinski definition) is 1. The molecule has 0 amide bonds. The summed E-state index contributed by atoms with van der Waals surface area (Å²) < 4.78 is 5.46. The van der Waals surface area contributed by atoms with Crippen molar-refractivity contribution in [2.45, 2.75) is 6.61 Å². The number of H-pyrrole nitrogens is 1. The van der Waals surface area contributed by atoms with E-state index in [4.69, 9.17) is 16.3 Å². The Kier molecular flexibility index (Phi) is 4.20. The van der Waals surface area contributed by atoms with Crippen LogP contribution in [0.15, 0.2) is 48.5 Å². The molecule has 0 aliphatic rings.